The van der Waals surface area contributed by atoms with Gasteiger partial charge >= 0.3 is 0 Å². The Morgan fingerprint density at radius 3 is 2.94 bits per heavy atom. The first-order valence-electron chi connectivity index (χ1n) is 6.60. The molecule has 2 aliphatic rings. The molecule has 2 rings (SSSR count). The number of nitrogens with one attached hydrogen (secondary N) is 1. The largest absolute Gasteiger partial charge is 0.501 e. The van der Waals surface area contributed by atoms with Gasteiger partial charge in [0.25, 0.3) is 0 Å². The lowest BCUT2D eigenvalue weighted by Gasteiger charge is -2.36. The average molecular weight is 273 g/mol. The molecule has 0 aromatic rings. The Morgan fingerprint density at radius 2 is 2.29 bits per heavy atom. The van der Waals surface area contributed by atoms with Crippen LogP contribution in [0.15, 0.2) is 11.8 Å². The fraction of sp³-hybridized carbons (Fsp3) is 0.846. The van der Waals surface area contributed by atoms with E-state index in [1.54, 1.807) is 0 Å². The van der Waals surface area contributed by atoms with Gasteiger partial charge in [-0.15, -0.1) is 0 Å². The normalized spacial score (nSPS) is 31.5. The molecular formula is C13H23NOS2. The van der Waals surface area contributed by atoms with Crippen LogP contribution in [-0.4, -0.2) is 41.2 Å². The van der Waals surface area contributed by atoms with E-state index in [1.165, 1.54) is 29.9 Å². The summed E-state index contributed by atoms with van der Waals surface area (Å²) in [7, 11) is 0. The van der Waals surface area contributed by atoms with Gasteiger partial charge in [-0.2, -0.15) is 23.5 Å². The fourth-order valence-corrected chi connectivity index (χ4v) is 5.47. The molecule has 1 saturated heterocycles. The molecule has 0 aliphatic carbocycles. The molecule has 0 radical (unpaired) electrons. The molecule has 0 aromatic heterocycles. The summed E-state index contributed by atoms with van der Waals surface area (Å²) >= 11 is 4.25. The zero-order valence-electron chi connectivity index (χ0n) is 10.8. The molecule has 1 fully saturated rings. The van der Waals surface area contributed by atoms with Crippen molar-refractivity contribution in [2.24, 2.45) is 0 Å². The topological polar surface area (TPSA) is 21.3 Å². The molecule has 3 unspecified atom stereocenters. The van der Waals surface area contributed by atoms with E-state index >= 15 is 0 Å². The van der Waals surface area contributed by atoms with Crippen molar-refractivity contribution in [1.82, 2.24) is 5.32 Å². The van der Waals surface area contributed by atoms with Gasteiger partial charge in [0.1, 0.15) is 0 Å². The van der Waals surface area contributed by atoms with Crippen molar-refractivity contribution in [2.45, 2.75) is 43.2 Å². The smallest absolute Gasteiger partial charge is 0.0876 e. The van der Waals surface area contributed by atoms with Crippen LogP contribution in [0, 0.1) is 0 Å². The van der Waals surface area contributed by atoms with E-state index in [1.807, 2.05) is 6.26 Å². The maximum Gasteiger partial charge on any atom is 0.0876 e. The third-order valence-corrected chi connectivity index (χ3v) is 6.55. The molecule has 0 amide bonds. The lowest BCUT2D eigenvalue weighted by Crippen LogP contribution is -2.46. The average Bonchev–Trinajstić information content (AvgIpc) is 2.38. The Labute approximate surface area is 113 Å². The molecule has 17 heavy (non-hydrogen) atoms. The van der Waals surface area contributed by atoms with Crippen molar-refractivity contribution >= 4 is 23.5 Å². The highest BCUT2D eigenvalue weighted by atomic mass is 32.2. The molecule has 2 nitrogen and oxygen atoms in total. The summed E-state index contributed by atoms with van der Waals surface area (Å²) in [4.78, 5) is 0. The summed E-state index contributed by atoms with van der Waals surface area (Å²) in [6.45, 7) is 6.50. The summed E-state index contributed by atoms with van der Waals surface area (Å²) in [5, 5.41) is 5.10. The van der Waals surface area contributed by atoms with Crippen LogP contribution < -0.4 is 5.32 Å². The zero-order valence-corrected chi connectivity index (χ0v) is 12.4. The number of likely N-dealkylation sites (N-methyl/N-ethyl adjacent to an activating group) is 1. The van der Waals surface area contributed by atoms with Gasteiger partial charge in [0, 0.05) is 28.0 Å². The third kappa shape index (κ3) is 3.58. The minimum absolute atomic E-state index is 0.507. The van der Waals surface area contributed by atoms with E-state index in [0.717, 1.165) is 18.4 Å². The highest BCUT2D eigenvalue weighted by molar-refractivity contribution is 8.07. The SMILES string of the molecule is CCNC(C1=COCCC1)C1SCCSC1C. The lowest BCUT2D eigenvalue weighted by molar-refractivity contribution is 0.219. The number of hydrogen-bond donors (Lipinski definition) is 1. The Hall–Kier alpha value is 0.200. The van der Waals surface area contributed by atoms with E-state index in [0.29, 0.717) is 11.3 Å². The van der Waals surface area contributed by atoms with Crippen molar-refractivity contribution in [2.75, 3.05) is 24.7 Å². The first-order chi connectivity index (χ1) is 8.33. The van der Waals surface area contributed by atoms with E-state index < -0.39 is 0 Å². The minimum atomic E-state index is 0.507. The summed E-state index contributed by atoms with van der Waals surface area (Å²) in [5.74, 6) is 2.59. The molecule has 0 spiro atoms. The molecule has 0 bridgehead atoms. The quantitative estimate of drug-likeness (QED) is 0.850. The summed E-state index contributed by atoms with van der Waals surface area (Å²) in [6.07, 6.45) is 4.39. The minimum Gasteiger partial charge on any atom is -0.501 e. The second-order valence-electron chi connectivity index (χ2n) is 4.61. The predicted octanol–water partition coefficient (Wildman–Crippen LogP) is 2.90. The molecule has 2 aliphatic heterocycles. The molecule has 3 atom stereocenters. The number of thioether (sulfide) groups is 2. The zero-order chi connectivity index (χ0) is 12.1. The van der Waals surface area contributed by atoms with Gasteiger partial charge in [-0.1, -0.05) is 13.8 Å². The molecule has 0 aromatic carbocycles. The van der Waals surface area contributed by atoms with E-state index in [4.69, 9.17) is 4.74 Å². The maximum atomic E-state index is 5.52. The van der Waals surface area contributed by atoms with Gasteiger partial charge in [0.2, 0.25) is 0 Å². The van der Waals surface area contributed by atoms with Gasteiger partial charge in [-0.3, -0.25) is 0 Å². The highest BCUT2D eigenvalue weighted by Crippen LogP contribution is 2.36. The van der Waals surface area contributed by atoms with Crippen molar-refractivity contribution in [3.8, 4) is 0 Å². The molecule has 1 N–H and O–H groups in total. The van der Waals surface area contributed by atoms with E-state index in [9.17, 15) is 0 Å². The Balaban J connectivity index is 2.06. The second kappa shape index (κ2) is 6.95. The molecule has 4 heteroatoms. The van der Waals surface area contributed by atoms with Gasteiger partial charge in [-0.25, -0.2) is 0 Å². The molecule has 2 heterocycles. The van der Waals surface area contributed by atoms with Crippen molar-refractivity contribution in [3.63, 3.8) is 0 Å². The number of rotatable bonds is 4. The van der Waals surface area contributed by atoms with Crippen LogP contribution in [0.2, 0.25) is 0 Å². The van der Waals surface area contributed by atoms with Crippen molar-refractivity contribution < 1.29 is 4.74 Å². The van der Waals surface area contributed by atoms with E-state index in [2.05, 4.69) is 42.7 Å². The van der Waals surface area contributed by atoms with Crippen LogP contribution in [-0.2, 0) is 4.74 Å². The molecular weight excluding hydrogens is 250 g/mol. The number of hydrogen-bond acceptors (Lipinski definition) is 4. The standard InChI is InChI=1S/C13H23NOS2/c1-3-14-12(11-5-4-6-15-9-11)13-10(2)16-7-8-17-13/h9-10,12-14H,3-8H2,1-2H3. The van der Waals surface area contributed by atoms with Gasteiger partial charge in [-0.05, 0) is 25.0 Å². The van der Waals surface area contributed by atoms with Crippen molar-refractivity contribution in [3.05, 3.63) is 11.8 Å². The molecule has 0 saturated carbocycles. The predicted molar refractivity (Wildman–Crippen MR) is 78.9 cm³/mol. The summed E-state index contributed by atoms with van der Waals surface area (Å²) in [5.41, 5.74) is 1.48. The maximum absolute atomic E-state index is 5.52. The second-order valence-corrected chi connectivity index (χ2v) is 7.38. The first-order valence-corrected chi connectivity index (χ1v) is 8.69. The van der Waals surface area contributed by atoms with Crippen LogP contribution in [0.3, 0.4) is 0 Å². The monoisotopic (exact) mass is 273 g/mol. The first kappa shape index (κ1) is 13.6. The summed E-state index contributed by atoms with van der Waals surface area (Å²) in [6, 6.07) is 0.507. The Morgan fingerprint density at radius 1 is 1.47 bits per heavy atom. The Bertz CT molecular complexity index is 270. The fourth-order valence-electron chi connectivity index (χ4n) is 2.51. The number of ether oxygens (including phenoxy) is 1. The van der Waals surface area contributed by atoms with Crippen molar-refractivity contribution in [1.29, 1.82) is 0 Å². The van der Waals surface area contributed by atoms with Gasteiger partial charge < -0.3 is 10.1 Å². The van der Waals surface area contributed by atoms with Crippen LogP contribution in [0.4, 0.5) is 0 Å². The van der Waals surface area contributed by atoms with Crippen LogP contribution in [0.25, 0.3) is 0 Å². The highest BCUT2D eigenvalue weighted by Gasteiger charge is 2.32. The van der Waals surface area contributed by atoms with E-state index in [-0.39, 0.29) is 0 Å². The third-order valence-electron chi connectivity index (χ3n) is 3.35. The summed E-state index contributed by atoms with van der Waals surface area (Å²) < 4.78 is 5.52. The lowest BCUT2D eigenvalue weighted by atomic mass is 9.97. The van der Waals surface area contributed by atoms with Crippen LogP contribution >= 0.6 is 23.5 Å². The molecule has 98 valence electrons. The van der Waals surface area contributed by atoms with Crippen LogP contribution in [0.1, 0.15) is 26.7 Å². The van der Waals surface area contributed by atoms with Gasteiger partial charge in [0.15, 0.2) is 0 Å². The van der Waals surface area contributed by atoms with Gasteiger partial charge in [0.05, 0.1) is 12.9 Å². The van der Waals surface area contributed by atoms with Crippen LogP contribution in [0.5, 0.6) is 0 Å². The Kier molecular flexibility index (Phi) is 5.57.